The smallest absolute Gasteiger partial charge is 0.251 e. The average molecular weight is 491 g/mol. The van der Waals surface area contributed by atoms with Gasteiger partial charge in [0.1, 0.15) is 12.4 Å². The highest BCUT2D eigenvalue weighted by molar-refractivity contribution is 5.94. The van der Waals surface area contributed by atoms with Crippen molar-refractivity contribution in [2.75, 3.05) is 32.9 Å². The third-order valence-electron chi connectivity index (χ3n) is 5.49. The zero-order valence-electron chi connectivity index (χ0n) is 21.4. The molecule has 2 N–H and O–H groups in total. The maximum Gasteiger partial charge on any atom is 0.251 e. The number of hydrogen-bond donors (Lipinski definition) is 2. The van der Waals surface area contributed by atoms with Gasteiger partial charge in [-0.1, -0.05) is 56.3 Å². The minimum absolute atomic E-state index is 0.153. The second kappa shape index (κ2) is 15.5. The van der Waals surface area contributed by atoms with E-state index in [1.807, 2.05) is 37.3 Å². The molecule has 0 radical (unpaired) electrons. The summed E-state index contributed by atoms with van der Waals surface area (Å²) in [6.45, 7) is 8.03. The van der Waals surface area contributed by atoms with Gasteiger partial charge in [0.05, 0.1) is 13.2 Å². The van der Waals surface area contributed by atoms with E-state index in [-0.39, 0.29) is 5.91 Å². The van der Waals surface area contributed by atoms with Crippen LogP contribution in [0.1, 0.15) is 48.2 Å². The molecule has 0 bridgehead atoms. The van der Waals surface area contributed by atoms with E-state index in [1.54, 1.807) is 18.2 Å². The third kappa shape index (κ3) is 9.27. The number of benzene rings is 3. The summed E-state index contributed by atoms with van der Waals surface area (Å²) in [5, 5.41) is 6.38. The van der Waals surface area contributed by atoms with Gasteiger partial charge in [-0.15, -0.1) is 0 Å². The van der Waals surface area contributed by atoms with Crippen LogP contribution in [0.15, 0.2) is 72.8 Å². The van der Waals surface area contributed by atoms with E-state index >= 15 is 0 Å². The van der Waals surface area contributed by atoms with Gasteiger partial charge in [-0.3, -0.25) is 4.79 Å². The molecule has 36 heavy (non-hydrogen) atoms. The van der Waals surface area contributed by atoms with Crippen molar-refractivity contribution in [3.05, 3.63) is 89.5 Å². The Morgan fingerprint density at radius 3 is 2.17 bits per heavy atom. The molecule has 1 amide bonds. The van der Waals surface area contributed by atoms with Crippen LogP contribution in [0, 0.1) is 0 Å². The number of carbonyl (C=O) groups excluding carboxylic acids is 1. The molecule has 0 atom stereocenters. The molecule has 0 aliphatic rings. The molecule has 0 aliphatic heterocycles. The van der Waals surface area contributed by atoms with Crippen LogP contribution < -0.4 is 24.8 Å². The Labute approximate surface area is 215 Å². The Hall–Kier alpha value is -3.51. The van der Waals surface area contributed by atoms with Crippen LogP contribution in [0.25, 0.3) is 0 Å². The number of carbonyl (C=O) groups is 1. The number of nitrogens with one attached hydrogen (secondary N) is 2. The van der Waals surface area contributed by atoms with Crippen LogP contribution in [0.3, 0.4) is 0 Å². The lowest BCUT2D eigenvalue weighted by Crippen LogP contribution is -2.23. The molecule has 0 spiro atoms. The first-order valence-corrected chi connectivity index (χ1v) is 12.8. The van der Waals surface area contributed by atoms with Gasteiger partial charge in [0.25, 0.3) is 5.91 Å². The summed E-state index contributed by atoms with van der Waals surface area (Å²) in [6.07, 6.45) is 2.80. The molecule has 192 valence electrons. The molecule has 0 aliphatic carbocycles. The third-order valence-corrected chi connectivity index (χ3v) is 5.49. The Kier molecular flexibility index (Phi) is 11.6. The summed E-state index contributed by atoms with van der Waals surface area (Å²) in [6, 6.07) is 23.6. The maximum absolute atomic E-state index is 12.7. The van der Waals surface area contributed by atoms with Crippen molar-refractivity contribution in [3.63, 3.8) is 0 Å². The Morgan fingerprint density at radius 1 is 0.722 bits per heavy atom. The summed E-state index contributed by atoms with van der Waals surface area (Å²) in [7, 11) is 0. The summed E-state index contributed by atoms with van der Waals surface area (Å²) in [4.78, 5) is 12.7. The summed E-state index contributed by atoms with van der Waals surface area (Å²) in [5.74, 6) is 1.94. The van der Waals surface area contributed by atoms with Crippen molar-refractivity contribution in [2.24, 2.45) is 0 Å². The lowest BCUT2D eigenvalue weighted by molar-refractivity contribution is 0.0950. The van der Waals surface area contributed by atoms with Gasteiger partial charge in [0, 0.05) is 18.7 Å². The van der Waals surface area contributed by atoms with Crippen LogP contribution in [0.5, 0.6) is 17.2 Å². The summed E-state index contributed by atoms with van der Waals surface area (Å²) >= 11 is 0. The molecular weight excluding hydrogens is 452 g/mol. The van der Waals surface area contributed by atoms with Crippen LogP contribution in [0.2, 0.25) is 0 Å². The predicted molar refractivity (Wildman–Crippen MR) is 144 cm³/mol. The van der Waals surface area contributed by atoms with Crippen molar-refractivity contribution >= 4 is 5.91 Å². The molecule has 6 heteroatoms. The highest BCUT2D eigenvalue weighted by atomic mass is 16.5. The molecule has 0 unspecified atom stereocenters. The first kappa shape index (κ1) is 27.1. The van der Waals surface area contributed by atoms with Crippen LogP contribution in [0.4, 0.5) is 0 Å². The largest absolute Gasteiger partial charge is 0.492 e. The Balaban J connectivity index is 1.40. The Morgan fingerprint density at radius 2 is 1.44 bits per heavy atom. The topological polar surface area (TPSA) is 68.8 Å². The first-order valence-electron chi connectivity index (χ1n) is 12.8. The summed E-state index contributed by atoms with van der Waals surface area (Å²) in [5.41, 5.74) is 2.88. The fourth-order valence-electron chi connectivity index (χ4n) is 3.54. The minimum atomic E-state index is -0.153. The van der Waals surface area contributed by atoms with Gasteiger partial charge < -0.3 is 24.8 Å². The number of rotatable bonds is 16. The molecule has 3 aromatic carbocycles. The Bertz CT molecular complexity index is 1040. The van der Waals surface area contributed by atoms with Gasteiger partial charge >= 0.3 is 0 Å². The maximum atomic E-state index is 12.7. The van der Waals surface area contributed by atoms with Crippen molar-refractivity contribution < 1.29 is 19.0 Å². The average Bonchev–Trinajstić information content (AvgIpc) is 2.92. The predicted octanol–water partition coefficient (Wildman–Crippen LogP) is 5.41. The van der Waals surface area contributed by atoms with E-state index < -0.39 is 0 Å². The van der Waals surface area contributed by atoms with E-state index in [9.17, 15) is 4.79 Å². The van der Waals surface area contributed by atoms with Crippen molar-refractivity contribution in [1.29, 1.82) is 0 Å². The normalized spacial score (nSPS) is 10.6. The number of hydrogen-bond acceptors (Lipinski definition) is 5. The quantitative estimate of drug-likeness (QED) is 0.263. The van der Waals surface area contributed by atoms with Gasteiger partial charge in [0.2, 0.25) is 0 Å². The van der Waals surface area contributed by atoms with E-state index in [0.717, 1.165) is 43.7 Å². The zero-order valence-corrected chi connectivity index (χ0v) is 21.4. The van der Waals surface area contributed by atoms with Crippen LogP contribution in [-0.4, -0.2) is 38.8 Å². The highest BCUT2D eigenvalue weighted by Gasteiger charge is 2.12. The lowest BCUT2D eigenvalue weighted by atomic mass is 10.1. The molecule has 0 heterocycles. The number of amides is 1. The van der Waals surface area contributed by atoms with Gasteiger partial charge in [-0.25, -0.2) is 0 Å². The standard InChI is InChI=1S/C30H38N2O4/c1-3-19-35-28-15-12-26(22-29(28)36-20-4-2)30(33)32-23-25-10-13-27(14-11-25)34-21-18-31-17-16-24-8-6-5-7-9-24/h5-15,22,31H,3-4,16-21,23H2,1-2H3,(H,32,33). The molecule has 0 saturated heterocycles. The zero-order chi connectivity index (χ0) is 25.4. The molecule has 0 aromatic heterocycles. The van der Waals surface area contributed by atoms with E-state index in [4.69, 9.17) is 14.2 Å². The number of ether oxygens (including phenoxy) is 3. The van der Waals surface area contributed by atoms with Crippen LogP contribution >= 0.6 is 0 Å². The molecule has 3 rings (SSSR count). The molecule has 3 aromatic rings. The van der Waals surface area contributed by atoms with Crippen LogP contribution in [-0.2, 0) is 13.0 Å². The van der Waals surface area contributed by atoms with Crippen molar-refractivity contribution in [3.8, 4) is 17.2 Å². The molecule has 0 fully saturated rings. The van der Waals surface area contributed by atoms with Crippen molar-refractivity contribution in [2.45, 2.75) is 39.7 Å². The second-order valence-electron chi connectivity index (χ2n) is 8.52. The SMILES string of the molecule is CCCOc1ccc(C(=O)NCc2ccc(OCCNCCc3ccccc3)cc2)cc1OCCC. The van der Waals surface area contributed by atoms with E-state index in [0.29, 0.717) is 43.4 Å². The molecule has 6 nitrogen and oxygen atoms in total. The first-order chi connectivity index (χ1) is 17.7. The van der Waals surface area contributed by atoms with Gasteiger partial charge in [-0.2, -0.15) is 0 Å². The molecular formula is C30H38N2O4. The monoisotopic (exact) mass is 490 g/mol. The van der Waals surface area contributed by atoms with Crippen molar-refractivity contribution in [1.82, 2.24) is 10.6 Å². The highest BCUT2D eigenvalue weighted by Crippen LogP contribution is 2.29. The fourth-order valence-corrected chi connectivity index (χ4v) is 3.54. The summed E-state index contributed by atoms with van der Waals surface area (Å²) < 4.78 is 17.4. The fraction of sp³-hybridized carbons (Fsp3) is 0.367. The van der Waals surface area contributed by atoms with Gasteiger partial charge in [-0.05, 0) is 67.3 Å². The lowest BCUT2D eigenvalue weighted by Gasteiger charge is -2.14. The molecule has 0 saturated carbocycles. The second-order valence-corrected chi connectivity index (χ2v) is 8.52. The van der Waals surface area contributed by atoms with Gasteiger partial charge in [0.15, 0.2) is 11.5 Å². The minimum Gasteiger partial charge on any atom is -0.492 e. The van der Waals surface area contributed by atoms with E-state index in [2.05, 4.69) is 41.8 Å². The van der Waals surface area contributed by atoms with E-state index in [1.165, 1.54) is 5.56 Å².